The van der Waals surface area contributed by atoms with Crippen molar-refractivity contribution in [1.29, 1.82) is 0 Å². The molecule has 4 heteroatoms. The van der Waals surface area contributed by atoms with Gasteiger partial charge in [-0.3, -0.25) is 4.79 Å². The monoisotopic (exact) mass is 231 g/mol. The van der Waals surface area contributed by atoms with Gasteiger partial charge in [-0.05, 0) is 36.7 Å². The van der Waals surface area contributed by atoms with Crippen LogP contribution in [0.5, 0.6) is 0 Å². The Hall–Kier alpha value is -1.81. The van der Waals surface area contributed by atoms with E-state index in [1.165, 1.54) is 0 Å². The Morgan fingerprint density at radius 2 is 2.29 bits per heavy atom. The minimum absolute atomic E-state index is 0.0119. The number of fused-ring (bicyclic) bond motifs is 1. The molecule has 0 aliphatic heterocycles. The molecule has 0 saturated heterocycles. The van der Waals surface area contributed by atoms with E-state index >= 15 is 0 Å². The molecule has 0 aliphatic rings. The topological polar surface area (TPSA) is 70.9 Å². The highest BCUT2D eigenvalue weighted by atomic mass is 16.1. The molecule has 1 aromatic carbocycles. The van der Waals surface area contributed by atoms with Crippen molar-refractivity contribution >= 4 is 22.5 Å². The van der Waals surface area contributed by atoms with Crippen LogP contribution in [0, 0.1) is 5.92 Å². The van der Waals surface area contributed by atoms with E-state index in [0.717, 1.165) is 16.6 Å². The third-order valence-corrected chi connectivity index (χ3v) is 2.77. The lowest BCUT2D eigenvalue weighted by Crippen LogP contribution is -2.19. The van der Waals surface area contributed by atoms with Crippen LogP contribution in [0.4, 0.5) is 5.69 Å². The first-order valence-corrected chi connectivity index (χ1v) is 5.76. The Labute approximate surface area is 100 Å². The molecule has 1 unspecified atom stereocenters. The molecule has 0 aliphatic carbocycles. The largest absolute Gasteiger partial charge is 0.361 e. The highest BCUT2D eigenvalue weighted by Crippen LogP contribution is 2.18. The van der Waals surface area contributed by atoms with Gasteiger partial charge in [0.15, 0.2) is 0 Å². The maximum Gasteiger partial charge on any atom is 0.224 e. The van der Waals surface area contributed by atoms with Gasteiger partial charge in [0, 0.05) is 29.2 Å². The lowest BCUT2D eigenvalue weighted by molar-refractivity contribution is -0.116. The number of anilines is 1. The van der Waals surface area contributed by atoms with Crippen molar-refractivity contribution in [1.82, 2.24) is 4.98 Å². The number of H-pyrrole nitrogens is 1. The van der Waals surface area contributed by atoms with Crippen molar-refractivity contribution < 1.29 is 4.79 Å². The normalized spacial score (nSPS) is 12.6. The van der Waals surface area contributed by atoms with Gasteiger partial charge in [-0.15, -0.1) is 0 Å². The molecule has 90 valence electrons. The van der Waals surface area contributed by atoms with Crippen LogP contribution in [0.3, 0.4) is 0 Å². The van der Waals surface area contributed by atoms with Crippen molar-refractivity contribution in [3.63, 3.8) is 0 Å². The van der Waals surface area contributed by atoms with Crippen molar-refractivity contribution in [2.75, 3.05) is 11.9 Å². The van der Waals surface area contributed by atoms with E-state index in [0.29, 0.717) is 13.0 Å². The number of carbonyl (C=O) groups is 1. The van der Waals surface area contributed by atoms with Gasteiger partial charge in [0.1, 0.15) is 0 Å². The summed E-state index contributed by atoms with van der Waals surface area (Å²) in [6, 6.07) is 7.78. The van der Waals surface area contributed by atoms with Gasteiger partial charge in [0.05, 0.1) is 0 Å². The zero-order valence-electron chi connectivity index (χ0n) is 9.86. The number of carbonyl (C=O) groups excluding carboxylic acids is 1. The highest BCUT2D eigenvalue weighted by molar-refractivity contribution is 5.93. The number of benzene rings is 1. The summed E-state index contributed by atoms with van der Waals surface area (Å²) < 4.78 is 0. The predicted molar refractivity (Wildman–Crippen MR) is 69.8 cm³/mol. The fourth-order valence-electron chi connectivity index (χ4n) is 1.74. The Bertz CT molecular complexity index is 518. The Kier molecular flexibility index (Phi) is 3.44. The molecule has 1 aromatic heterocycles. The van der Waals surface area contributed by atoms with E-state index in [4.69, 9.17) is 5.73 Å². The standard InChI is InChI=1S/C13H17N3O/c1-9(8-14)6-13(17)16-11-2-3-12-10(7-11)4-5-15-12/h2-5,7,9,15H,6,8,14H2,1H3,(H,16,17). The summed E-state index contributed by atoms with van der Waals surface area (Å²) in [6.45, 7) is 2.50. The van der Waals surface area contributed by atoms with Crippen LogP contribution >= 0.6 is 0 Å². The molecule has 0 fully saturated rings. The molecule has 1 atom stereocenters. The van der Waals surface area contributed by atoms with E-state index in [-0.39, 0.29) is 11.8 Å². The molecular weight excluding hydrogens is 214 g/mol. The quantitative estimate of drug-likeness (QED) is 0.754. The summed E-state index contributed by atoms with van der Waals surface area (Å²) >= 11 is 0. The molecule has 2 rings (SSSR count). The van der Waals surface area contributed by atoms with Crippen LogP contribution in [0.15, 0.2) is 30.5 Å². The summed E-state index contributed by atoms with van der Waals surface area (Å²) in [5.41, 5.74) is 7.38. The Balaban J connectivity index is 2.05. The number of nitrogens with two attached hydrogens (primary N) is 1. The molecular formula is C13H17N3O. The van der Waals surface area contributed by atoms with E-state index in [1.807, 2.05) is 37.4 Å². The minimum Gasteiger partial charge on any atom is -0.361 e. The number of hydrogen-bond donors (Lipinski definition) is 3. The first-order valence-electron chi connectivity index (χ1n) is 5.76. The van der Waals surface area contributed by atoms with E-state index in [2.05, 4.69) is 10.3 Å². The summed E-state index contributed by atoms with van der Waals surface area (Å²) in [7, 11) is 0. The predicted octanol–water partition coefficient (Wildman–Crippen LogP) is 2.09. The Morgan fingerprint density at radius 1 is 1.47 bits per heavy atom. The average Bonchev–Trinajstić information content (AvgIpc) is 2.75. The van der Waals surface area contributed by atoms with Gasteiger partial charge in [-0.1, -0.05) is 6.92 Å². The summed E-state index contributed by atoms with van der Waals surface area (Å²) in [5, 5.41) is 3.97. The van der Waals surface area contributed by atoms with Gasteiger partial charge in [0.2, 0.25) is 5.91 Å². The van der Waals surface area contributed by atoms with Crippen LogP contribution in [0.1, 0.15) is 13.3 Å². The van der Waals surface area contributed by atoms with Crippen LogP contribution in [-0.2, 0) is 4.79 Å². The first-order chi connectivity index (χ1) is 8.19. The number of nitrogens with one attached hydrogen (secondary N) is 2. The van der Waals surface area contributed by atoms with Crippen molar-refractivity contribution in [2.24, 2.45) is 11.7 Å². The summed E-state index contributed by atoms with van der Waals surface area (Å²) in [5.74, 6) is 0.226. The van der Waals surface area contributed by atoms with Crippen LogP contribution in [0.2, 0.25) is 0 Å². The molecule has 1 amide bonds. The zero-order chi connectivity index (χ0) is 12.3. The molecule has 0 saturated carbocycles. The number of aromatic amines is 1. The van der Waals surface area contributed by atoms with Crippen molar-refractivity contribution in [3.05, 3.63) is 30.5 Å². The fraction of sp³-hybridized carbons (Fsp3) is 0.308. The smallest absolute Gasteiger partial charge is 0.224 e. The third kappa shape index (κ3) is 2.85. The van der Waals surface area contributed by atoms with Gasteiger partial charge in [-0.25, -0.2) is 0 Å². The second-order valence-electron chi connectivity index (χ2n) is 4.37. The minimum atomic E-state index is 0.0119. The van der Waals surface area contributed by atoms with Gasteiger partial charge in [0.25, 0.3) is 0 Å². The lowest BCUT2D eigenvalue weighted by atomic mass is 10.1. The number of aromatic nitrogens is 1. The molecule has 0 spiro atoms. The van der Waals surface area contributed by atoms with Crippen LogP contribution < -0.4 is 11.1 Å². The Morgan fingerprint density at radius 3 is 3.06 bits per heavy atom. The molecule has 4 nitrogen and oxygen atoms in total. The van der Waals surface area contributed by atoms with Crippen molar-refractivity contribution in [2.45, 2.75) is 13.3 Å². The van der Waals surface area contributed by atoms with Crippen LogP contribution in [-0.4, -0.2) is 17.4 Å². The van der Waals surface area contributed by atoms with Crippen LogP contribution in [0.25, 0.3) is 10.9 Å². The number of rotatable bonds is 4. The molecule has 0 bridgehead atoms. The summed E-state index contributed by atoms with van der Waals surface area (Å²) in [4.78, 5) is 14.8. The van der Waals surface area contributed by atoms with Crippen molar-refractivity contribution in [3.8, 4) is 0 Å². The molecule has 2 aromatic rings. The maximum atomic E-state index is 11.7. The zero-order valence-corrected chi connectivity index (χ0v) is 9.86. The highest BCUT2D eigenvalue weighted by Gasteiger charge is 2.08. The van der Waals surface area contributed by atoms with E-state index in [1.54, 1.807) is 0 Å². The average molecular weight is 231 g/mol. The fourth-order valence-corrected chi connectivity index (χ4v) is 1.74. The third-order valence-electron chi connectivity index (χ3n) is 2.77. The summed E-state index contributed by atoms with van der Waals surface area (Å²) in [6.07, 6.45) is 2.34. The van der Waals surface area contributed by atoms with Gasteiger partial charge < -0.3 is 16.0 Å². The SMILES string of the molecule is CC(CN)CC(=O)Nc1ccc2[nH]ccc2c1. The lowest BCUT2D eigenvalue weighted by Gasteiger charge is -2.09. The molecule has 0 radical (unpaired) electrons. The number of hydrogen-bond acceptors (Lipinski definition) is 2. The van der Waals surface area contributed by atoms with E-state index in [9.17, 15) is 4.79 Å². The van der Waals surface area contributed by atoms with Gasteiger partial charge in [-0.2, -0.15) is 0 Å². The second-order valence-corrected chi connectivity index (χ2v) is 4.37. The maximum absolute atomic E-state index is 11.7. The number of amides is 1. The second kappa shape index (κ2) is 5.01. The molecule has 17 heavy (non-hydrogen) atoms. The van der Waals surface area contributed by atoms with E-state index < -0.39 is 0 Å². The molecule has 4 N–H and O–H groups in total. The molecule has 1 heterocycles. The van der Waals surface area contributed by atoms with Gasteiger partial charge >= 0.3 is 0 Å². The first kappa shape index (κ1) is 11.7.